The van der Waals surface area contributed by atoms with Crippen LogP contribution in [0, 0.1) is 10.1 Å². The van der Waals surface area contributed by atoms with Crippen molar-refractivity contribution in [3.8, 4) is 34.3 Å². The first-order valence-electron chi connectivity index (χ1n) is 10.2. The number of aromatic nitrogens is 3. The van der Waals surface area contributed by atoms with Crippen LogP contribution in [0.2, 0.25) is 0 Å². The molecule has 0 amide bonds. The maximum atomic E-state index is 11.4. The molecule has 0 aliphatic rings. The Bertz CT molecular complexity index is 1310. The number of benzene rings is 3. The lowest BCUT2D eigenvalue weighted by Crippen LogP contribution is -2.00. The number of para-hydroxylation sites is 1. The minimum absolute atomic E-state index is 0.0730. The summed E-state index contributed by atoms with van der Waals surface area (Å²) in [6.45, 7) is 0. The van der Waals surface area contributed by atoms with E-state index in [1.807, 2.05) is 53.1 Å². The van der Waals surface area contributed by atoms with Gasteiger partial charge < -0.3 is 14.2 Å². The highest BCUT2D eigenvalue weighted by Crippen LogP contribution is 2.35. The van der Waals surface area contributed by atoms with Crippen molar-refractivity contribution in [3.63, 3.8) is 0 Å². The van der Waals surface area contributed by atoms with Gasteiger partial charge in [-0.1, -0.05) is 36.0 Å². The second-order valence-electron chi connectivity index (χ2n) is 7.10. The predicted octanol–water partition coefficient (Wildman–Crippen LogP) is 5.16. The third-order valence-corrected chi connectivity index (χ3v) is 6.10. The quantitative estimate of drug-likeness (QED) is 0.185. The Morgan fingerprint density at radius 2 is 1.59 bits per heavy atom. The second-order valence-corrected chi connectivity index (χ2v) is 8.04. The average Bonchev–Trinajstić information content (AvgIpc) is 3.31. The third-order valence-electron chi connectivity index (χ3n) is 5.10. The van der Waals surface area contributed by atoms with Gasteiger partial charge in [0.15, 0.2) is 28.2 Å². The average molecular weight is 479 g/mol. The van der Waals surface area contributed by atoms with Crippen LogP contribution in [0.25, 0.3) is 17.1 Å². The summed E-state index contributed by atoms with van der Waals surface area (Å²) in [5, 5.41) is 20.9. The molecular formula is C24H22N4O5S. The molecule has 0 spiro atoms. The number of nitro groups is 1. The van der Waals surface area contributed by atoms with Crippen molar-refractivity contribution in [1.29, 1.82) is 0 Å². The van der Waals surface area contributed by atoms with Crippen LogP contribution >= 0.6 is 11.8 Å². The molecule has 0 bridgehead atoms. The summed E-state index contributed by atoms with van der Waals surface area (Å²) in [4.78, 5) is 10.9. The maximum Gasteiger partial charge on any atom is 0.311 e. The first-order chi connectivity index (χ1) is 16.5. The fourth-order valence-electron chi connectivity index (χ4n) is 3.45. The van der Waals surface area contributed by atoms with Gasteiger partial charge in [-0.15, -0.1) is 10.2 Å². The second kappa shape index (κ2) is 10.3. The summed E-state index contributed by atoms with van der Waals surface area (Å²) in [5.74, 6) is 2.52. The van der Waals surface area contributed by atoms with E-state index in [-0.39, 0.29) is 11.4 Å². The molecule has 0 unspecified atom stereocenters. The Kier molecular flexibility index (Phi) is 6.98. The molecule has 4 rings (SSSR count). The van der Waals surface area contributed by atoms with Crippen LogP contribution in [0.5, 0.6) is 17.2 Å². The van der Waals surface area contributed by atoms with Crippen LogP contribution in [-0.4, -0.2) is 41.0 Å². The van der Waals surface area contributed by atoms with E-state index in [0.717, 1.165) is 16.8 Å². The molecular weight excluding hydrogens is 456 g/mol. The molecule has 10 heteroatoms. The van der Waals surface area contributed by atoms with Gasteiger partial charge in [-0.25, -0.2) is 0 Å². The van der Waals surface area contributed by atoms with Gasteiger partial charge in [-0.05, 0) is 42.0 Å². The predicted molar refractivity (Wildman–Crippen MR) is 129 cm³/mol. The minimum Gasteiger partial charge on any atom is -0.493 e. The topological polar surface area (TPSA) is 102 Å². The van der Waals surface area contributed by atoms with Crippen LogP contribution in [0.3, 0.4) is 0 Å². The van der Waals surface area contributed by atoms with Gasteiger partial charge in [-0.3, -0.25) is 14.7 Å². The number of hydrogen-bond donors (Lipinski definition) is 0. The fraction of sp³-hybridized carbons (Fsp3) is 0.167. The summed E-state index contributed by atoms with van der Waals surface area (Å²) in [6, 6.07) is 20.2. The lowest BCUT2D eigenvalue weighted by molar-refractivity contribution is -0.385. The molecule has 1 heterocycles. The highest BCUT2D eigenvalue weighted by atomic mass is 32.2. The molecule has 9 nitrogen and oxygen atoms in total. The number of thioether (sulfide) groups is 1. The van der Waals surface area contributed by atoms with Crippen LogP contribution in [0.4, 0.5) is 5.69 Å². The number of rotatable bonds is 9. The van der Waals surface area contributed by atoms with E-state index in [9.17, 15) is 10.1 Å². The van der Waals surface area contributed by atoms with Crippen molar-refractivity contribution in [2.75, 3.05) is 21.3 Å². The fourth-order valence-corrected chi connectivity index (χ4v) is 4.35. The standard InChI is InChI=1S/C24H22N4O5S/c1-31-20-11-9-16(13-19(20)28(29)30)15-34-24-26-25-23(27(24)18-7-5-4-6-8-18)17-10-12-21(32-2)22(14-17)33-3/h4-14H,15H2,1-3H3. The number of methoxy groups -OCH3 is 3. The lowest BCUT2D eigenvalue weighted by Gasteiger charge is -2.12. The first kappa shape index (κ1) is 23.1. The molecule has 4 aromatic rings. The normalized spacial score (nSPS) is 10.7. The number of ether oxygens (including phenoxy) is 3. The molecule has 0 aliphatic heterocycles. The summed E-state index contributed by atoms with van der Waals surface area (Å²) >= 11 is 1.43. The molecule has 34 heavy (non-hydrogen) atoms. The summed E-state index contributed by atoms with van der Waals surface area (Å²) in [5.41, 5.74) is 2.39. The molecule has 0 fully saturated rings. The van der Waals surface area contributed by atoms with Gasteiger partial charge in [0.25, 0.3) is 0 Å². The summed E-state index contributed by atoms with van der Waals surface area (Å²) < 4.78 is 17.8. The van der Waals surface area contributed by atoms with Gasteiger partial charge in [0.1, 0.15) is 0 Å². The third kappa shape index (κ3) is 4.67. The zero-order chi connectivity index (χ0) is 24.1. The monoisotopic (exact) mass is 478 g/mol. The van der Waals surface area contributed by atoms with E-state index in [1.165, 1.54) is 24.9 Å². The molecule has 0 saturated heterocycles. The number of hydrogen-bond acceptors (Lipinski definition) is 8. The van der Waals surface area contributed by atoms with Crippen LogP contribution in [-0.2, 0) is 5.75 Å². The Labute approximate surface area is 200 Å². The molecule has 174 valence electrons. The van der Waals surface area contributed by atoms with Gasteiger partial charge in [0, 0.05) is 23.1 Å². The first-order valence-corrected chi connectivity index (χ1v) is 11.2. The molecule has 0 radical (unpaired) electrons. The molecule has 3 aromatic carbocycles. The van der Waals surface area contributed by atoms with E-state index in [4.69, 9.17) is 14.2 Å². The van der Waals surface area contributed by atoms with Crippen molar-refractivity contribution in [2.24, 2.45) is 0 Å². The van der Waals surface area contributed by atoms with Gasteiger partial charge >= 0.3 is 5.69 Å². The Morgan fingerprint density at radius 3 is 2.26 bits per heavy atom. The summed E-state index contributed by atoms with van der Waals surface area (Å²) in [6.07, 6.45) is 0. The number of nitrogens with zero attached hydrogens (tertiary/aromatic N) is 4. The molecule has 0 aliphatic carbocycles. The molecule has 0 atom stereocenters. The van der Waals surface area contributed by atoms with E-state index in [2.05, 4.69) is 10.2 Å². The molecule has 0 saturated carbocycles. The largest absolute Gasteiger partial charge is 0.493 e. The van der Waals surface area contributed by atoms with Crippen molar-refractivity contribution in [2.45, 2.75) is 10.9 Å². The lowest BCUT2D eigenvalue weighted by atomic mass is 10.2. The van der Waals surface area contributed by atoms with Crippen LogP contribution in [0.1, 0.15) is 5.56 Å². The number of nitro benzene ring substituents is 1. The van der Waals surface area contributed by atoms with Crippen LogP contribution in [0.15, 0.2) is 71.9 Å². The van der Waals surface area contributed by atoms with Crippen molar-refractivity contribution in [1.82, 2.24) is 14.8 Å². The SMILES string of the molecule is COc1ccc(-c2nnc(SCc3ccc(OC)c([N+](=O)[O-])c3)n2-c2ccccc2)cc1OC. The van der Waals surface area contributed by atoms with Gasteiger partial charge in [-0.2, -0.15) is 0 Å². The van der Waals surface area contributed by atoms with E-state index >= 15 is 0 Å². The highest BCUT2D eigenvalue weighted by molar-refractivity contribution is 7.98. The Balaban J connectivity index is 1.71. The minimum atomic E-state index is -0.450. The maximum absolute atomic E-state index is 11.4. The zero-order valence-corrected chi connectivity index (χ0v) is 19.6. The van der Waals surface area contributed by atoms with E-state index in [0.29, 0.717) is 28.2 Å². The Hall–Kier alpha value is -4.05. The smallest absolute Gasteiger partial charge is 0.311 e. The van der Waals surface area contributed by atoms with E-state index in [1.54, 1.807) is 26.4 Å². The van der Waals surface area contributed by atoms with Gasteiger partial charge in [0.2, 0.25) is 0 Å². The van der Waals surface area contributed by atoms with Gasteiger partial charge in [0.05, 0.1) is 26.3 Å². The molecule has 0 N–H and O–H groups in total. The Morgan fingerprint density at radius 1 is 0.882 bits per heavy atom. The van der Waals surface area contributed by atoms with Crippen molar-refractivity contribution in [3.05, 3.63) is 82.4 Å². The van der Waals surface area contributed by atoms with Crippen molar-refractivity contribution >= 4 is 17.4 Å². The van der Waals surface area contributed by atoms with Crippen LogP contribution < -0.4 is 14.2 Å². The summed E-state index contributed by atoms with van der Waals surface area (Å²) in [7, 11) is 4.58. The molecule has 1 aromatic heterocycles. The van der Waals surface area contributed by atoms with Crippen molar-refractivity contribution < 1.29 is 19.1 Å². The zero-order valence-electron chi connectivity index (χ0n) is 18.8. The van der Waals surface area contributed by atoms with E-state index < -0.39 is 4.92 Å². The highest BCUT2D eigenvalue weighted by Gasteiger charge is 2.19.